The summed E-state index contributed by atoms with van der Waals surface area (Å²) in [5.74, 6) is 0. The molecule has 1 N–H and O–H groups in total. The first kappa shape index (κ1) is 31.4. The Labute approximate surface area is 191 Å². The van der Waals surface area contributed by atoms with Gasteiger partial charge in [0.05, 0.1) is 27.2 Å². The largest absolute Gasteiger partial charge is 1.00 e. The van der Waals surface area contributed by atoms with E-state index in [1.807, 2.05) is 0 Å². The predicted octanol–water partition coefficient (Wildman–Crippen LogP) is 4.88. The molecule has 0 spiro atoms. The Hall–Kier alpha value is 0.210. The van der Waals surface area contributed by atoms with Gasteiger partial charge in [0.25, 0.3) is 0 Å². The topological polar surface area (TPSA) is 20.2 Å². The molecule has 3 heteroatoms. The van der Waals surface area contributed by atoms with Crippen molar-refractivity contribution in [3.05, 3.63) is 0 Å². The third-order valence-corrected chi connectivity index (χ3v) is 6.32. The summed E-state index contributed by atoms with van der Waals surface area (Å²) in [6.07, 6.45) is 28.8. The molecule has 178 valence electrons. The van der Waals surface area contributed by atoms with Gasteiger partial charge in [-0.15, -0.1) is 0 Å². The van der Waals surface area contributed by atoms with Gasteiger partial charge in [0.2, 0.25) is 0 Å². The first-order chi connectivity index (χ1) is 13.6. The highest BCUT2D eigenvalue weighted by Crippen LogP contribution is 2.15. The predicted molar refractivity (Wildman–Crippen MR) is 127 cm³/mol. The summed E-state index contributed by atoms with van der Waals surface area (Å²) < 4.78 is 0.968. The Morgan fingerprint density at radius 2 is 0.724 bits per heavy atom. The number of halogens is 1. The molecule has 0 aliphatic rings. The van der Waals surface area contributed by atoms with E-state index in [1.165, 1.54) is 135 Å². The number of aliphatic hydroxyl groups excluding tert-OH is 1. The van der Waals surface area contributed by atoms with Crippen LogP contribution in [0.25, 0.3) is 0 Å². The van der Waals surface area contributed by atoms with Crippen LogP contribution in [0.15, 0.2) is 0 Å². The molecule has 0 saturated carbocycles. The smallest absolute Gasteiger partial charge is 0.102 e. The van der Waals surface area contributed by atoms with Gasteiger partial charge in [-0.05, 0) is 12.8 Å². The van der Waals surface area contributed by atoms with Gasteiger partial charge in [0, 0.05) is 0 Å². The van der Waals surface area contributed by atoms with Gasteiger partial charge in [0.15, 0.2) is 0 Å². The first-order valence-corrected chi connectivity index (χ1v) is 13.1. The highest BCUT2D eigenvalue weighted by molar-refractivity contribution is 4.51. The summed E-state index contributed by atoms with van der Waals surface area (Å²) in [7, 11) is 4.46. The van der Waals surface area contributed by atoms with Crippen molar-refractivity contribution in [3.63, 3.8) is 0 Å². The molecular formula is C26H56ClNO. The monoisotopic (exact) mass is 433 g/mol. The molecule has 2 nitrogen and oxygen atoms in total. The van der Waals surface area contributed by atoms with Crippen LogP contribution >= 0.6 is 0 Å². The van der Waals surface area contributed by atoms with Crippen molar-refractivity contribution >= 4 is 0 Å². The number of hydrogen-bond acceptors (Lipinski definition) is 1. The van der Waals surface area contributed by atoms with E-state index in [0.717, 1.165) is 11.0 Å². The van der Waals surface area contributed by atoms with Gasteiger partial charge in [0.1, 0.15) is 6.54 Å². The minimum absolute atomic E-state index is 0. The lowest BCUT2D eigenvalue weighted by Crippen LogP contribution is -3.00. The fraction of sp³-hybridized carbons (Fsp3) is 1.00. The molecule has 0 heterocycles. The summed E-state index contributed by atoms with van der Waals surface area (Å²) in [6, 6.07) is 0. The maximum Gasteiger partial charge on any atom is 0.102 e. The summed E-state index contributed by atoms with van der Waals surface area (Å²) in [5.41, 5.74) is 0. The fourth-order valence-electron chi connectivity index (χ4n) is 4.18. The van der Waals surface area contributed by atoms with E-state index >= 15 is 0 Å². The van der Waals surface area contributed by atoms with Gasteiger partial charge in [-0.2, -0.15) is 0 Å². The lowest BCUT2D eigenvalue weighted by atomic mass is 10.0. The summed E-state index contributed by atoms with van der Waals surface area (Å²) in [6.45, 7) is 4.70. The number of likely N-dealkylation sites (N-methyl/N-ethyl adjacent to an activating group) is 1. The maximum absolute atomic E-state index is 9.05. The molecule has 0 fully saturated rings. The summed E-state index contributed by atoms with van der Waals surface area (Å²) in [5, 5.41) is 9.05. The minimum atomic E-state index is 0. The number of aliphatic hydroxyl groups is 1. The van der Waals surface area contributed by atoms with E-state index in [4.69, 9.17) is 5.11 Å². The zero-order valence-electron chi connectivity index (χ0n) is 20.5. The minimum Gasteiger partial charge on any atom is -1.00 e. The number of unbranched alkanes of at least 4 members (excludes halogenated alkanes) is 19. The number of rotatable bonds is 23. The second-order valence-electron chi connectivity index (χ2n) is 9.82. The van der Waals surface area contributed by atoms with Crippen LogP contribution in [0.3, 0.4) is 0 Å². The second-order valence-corrected chi connectivity index (χ2v) is 9.82. The third kappa shape index (κ3) is 26.2. The Balaban J connectivity index is 0. The van der Waals surface area contributed by atoms with Crippen LogP contribution in [0.1, 0.15) is 135 Å². The Morgan fingerprint density at radius 1 is 0.448 bits per heavy atom. The van der Waals surface area contributed by atoms with Crippen LogP contribution in [0.5, 0.6) is 0 Å². The van der Waals surface area contributed by atoms with Crippen molar-refractivity contribution in [2.24, 2.45) is 0 Å². The van der Waals surface area contributed by atoms with Crippen LogP contribution in [-0.2, 0) is 0 Å². The number of nitrogens with zero attached hydrogens (tertiary/aromatic N) is 1. The molecule has 0 radical (unpaired) electrons. The SMILES string of the molecule is CCCCCCCCCCCCCCCCCCCCCC[N+](C)(C)CCO.[Cl-]. The molecule has 0 aromatic rings. The molecule has 0 amide bonds. The fourth-order valence-corrected chi connectivity index (χ4v) is 4.18. The first-order valence-electron chi connectivity index (χ1n) is 13.1. The third-order valence-electron chi connectivity index (χ3n) is 6.32. The number of quaternary nitrogens is 1. The van der Waals surface area contributed by atoms with E-state index in [9.17, 15) is 0 Å². The zero-order valence-corrected chi connectivity index (χ0v) is 21.3. The van der Waals surface area contributed by atoms with Crippen molar-refractivity contribution in [2.45, 2.75) is 135 Å². The Bertz CT molecular complexity index is 296. The van der Waals surface area contributed by atoms with E-state index in [2.05, 4.69) is 21.0 Å². The molecule has 0 bridgehead atoms. The lowest BCUT2D eigenvalue weighted by Gasteiger charge is -2.28. The van der Waals surface area contributed by atoms with Crippen LogP contribution < -0.4 is 12.4 Å². The van der Waals surface area contributed by atoms with Crippen molar-refractivity contribution in [1.82, 2.24) is 0 Å². The van der Waals surface area contributed by atoms with Crippen LogP contribution in [0.2, 0.25) is 0 Å². The molecule has 0 aromatic carbocycles. The highest BCUT2D eigenvalue weighted by atomic mass is 35.5. The average molecular weight is 434 g/mol. The second kappa shape index (κ2) is 24.5. The summed E-state index contributed by atoms with van der Waals surface area (Å²) in [4.78, 5) is 0. The van der Waals surface area contributed by atoms with Gasteiger partial charge < -0.3 is 22.0 Å². The standard InChI is InChI=1S/C26H56NO.ClH/c1-4-5-6-7-8-9-10-11-12-13-14-15-16-17-18-19-20-21-22-23-24-27(2,3)25-26-28;/h28H,4-26H2,1-3H3;1H/q+1;/p-1. The quantitative estimate of drug-likeness (QED) is 0.180. The lowest BCUT2D eigenvalue weighted by molar-refractivity contribution is -0.890. The molecular weight excluding hydrogens is 378 g/mol. The summed E-state index contributed by atoms with van der Waals surface area (Å²) >= 11 is 0. The molecule has 0 aliphatic heterocycles. The molecule has 0 saturated heterocycles. The zero-order chi connectivity index (χ0) is 20.8. The van der Waals surface area contributed by atoms with E-state index in [-0.39, 0.29) is 12.4 Å². The van der Waals surface area contributed by atoms with Crippen LogP contribution in [-0.4, -0.2) is 43.4 Å². The highest BCUT2D eigenvalue weighted by Gasteiger charge is 2.12. The normalized spacial score (nSPS) is 11.6. The van der Waals surface area contributed by atoms with E-state index < -0.39 is 0 Å². The maximum atomic E-state index is 9.05. The van der Waals surface area contributed by atoms with Gasteiger partial charge >= 0.3 is 0 Å². The van der Waals surface area contributed by atoms with Crippen LogP contribution in [0.4, 0.5) is 0 Å². The molecule has 0 aromatic heterocycles. The molecule has 0 rings (SSSR count). The van der Waals surface area contributed by atoms with Crippen molar-refractivity contribution < 1.29 is 22.0 Å². The Kier molecular flexibility index (Phi) is 26.5. The van der Waals surface area contributed by atoms with Crippen LogP contribution in [0, 0.1) is 0 Å². The van der Waals surface area contributed by atoms with Gasteiger partial charge in [-0.25, -0.2) is 0 Å². The average Bonchev–Trinajstić information content (AvgIpc) is 2.66. The van der Waals surface area contributed by atoms with E-state index in [0.29, 0.717) is 6.61 Å². The van der Waals surface area contributed by atoms with E-state index in [1.54, 1.807) is 0 Å². The van der Waals surface area contributed by atoms with Crippen molar-refractivity contribution in [3.8, 4) is 0 Å². The Morgan fingerprint density at radius 3 is 1.00 bits per heavy atom. The van der Waals surface area contributed by atoms with Crippen molar-refractivity contribution in [2.75, 3.05) is 33.8 Å². The molecule has 0 atom stereocenters. The van der Waals surface area contributed by atoms with Crippen molar-refractivity contribution in [1.29, 1.82) is 0 Å². The molecule has 29 heavy (non-hydrogen) atoms. The molecule has 0 unspecified atom stereocenters. The van der Waals surface area contributed by atoms with Gasteiger partial charge in [-0.3, -0.25) is 0 Å². The van der Waals surface area contributed by atoms with Gasteiger partial charge in [-0.1, -0.05) is 122 Å². The number of hydrogen-bond donors (Lipinski definition) is 1. The molecule has 0 aliphatic carbocycles.